The first kappa shape index (κ1) is 19.0. The quantitative estimate of drug-likeness (QED) is 0.336. The molecule has 4 nitrogen and oxygen atoms in total. The molecule has 0 N–H and O–H groups in total. The van der Waals surface area contributed by atoms with Crippen molar-refractivity contribution >= 4 is 34.3 Å². The predicted molar refractivity (Wildman–Crippen MR) is 108 cm³/mol. The van der Waals surface area contributed by atoms with Gasteiger partial charge in [0.05, 0.1) is 30.2 Å². The Labute approximate surface area is 162 Å². The Hall–Kier alpha value is -1.82. The molecular formula is C20H21ClN2O2S. The Bertz CT molecular complexity index is 956. The minimum atomic E-state index is -0.0530. The molecule has 2 aromatic carbocycles. The van der Waals surface area contributed by atoms with Crippen molar-refractivity contribution < 1.29 is 4.74 Å². The van der Waals surface area contributed by atoms with Crippen LogP contribution in [0.1, 0.15) is 19.4 Å². The molecule has 1 heterocycles. The molecule has 3 aromatic rings. The Morgan fingerprint density at radius 3 is 2.65 bits per heavy atom. The number of benzene rings is 2. The zero-order valence-corrected chi connectivity index (χ0v) is 16.4. The van der Waals surface area contributed by atoms with Gasteiger partial charge in [-0.05, 0) is 37.6 Å². The van der Waals surface area contributed by atoms with Crippen LogP contribution in [0.3, 0.4) is 0 Å². The maximum Gasteiger partial charge on any atom is 0.262 e. The van der Waals surface area contributed by atoms with Crippen molar-refractivity contribution in [1.29, 1.82) is 0 Å². The highest BCUT2D eigenvalue weighted by atomic mass is 35.5. The van der Waals surface area contributed by atoms with E-state index in [1.54, 1.807) is 4.57 Å². The maximum atomic E-state index is 13.0. The lowest BCUT2D eigenvalue weighted by atomic mass is 10.2. The number of rotatable bonds is 7. The molecule has 3 rings (SSSR count). The van der Waals surface area contributed by atoms with Crippen molar-refractivity contribution in [3.05, 3.63) is 69.5 Å². The number of nitrogens with zero attached hydrogens (tertiary/aromatic N) is 2. The van der Waals surface area contributed by atoms with Crippen LogP contribution in [0.2, 0.25) is 5.02 Å². The monoisotopic (exact) mass is 388 g/mol. The highest BCUT2D eigenvalue weighted by Gasteiger charge is 2.13. The van der Waals surface area contributed by atoms with Crippen LogP contribution in [-0.2, 0) is 11.3 Å². The van der Waals surface area contributed by atoms with Gasteiger partial charge in [-0.25, -0.2) is 4.98 Å². The minimum Gasteiger partial charge on any atom is -0.378 e. The summed E-state index contributed by atoms with van der Waals surface area (Å²) in [4.78, 5) is 17.7. The van der Waals surface area contributed by atoms with Gasteiger partial charge in [0.15, 0.2) is 5.16 Å². The lowest BCUT2D eigenvalue weighted by Crippen LogP contribution is -2.24. The van der Waals surface area contributed by atoms with Crippen LogP contribution in [0.25, 0.3) is 10.9 Å². The zero-order chi connectivity index (χ0) is 18.5. The minimum absolute atomic E-state index is 0.0530. The molecule has 0 atom stereocenters. The average Bonchev–Trinajstić information content (AvgIpc) is 2.63. The second-order valence-electron chi connectivity index (χ2n) is 6.16. The molecule has 0 fully saturated rings. The molecule has 0 spiro atoms. The van der Waals surface area contributed by atoms with E-state index in [-0.39, 0.29) is 11.7 Å². The molecule has 0 aliphatic heterocycles. The highest BCUT2D eigenvalue weighted by molar-refractivity contribution is 7.99. The van der Waals surface area contributed by atoms with Crippen molar-refractivity contribution in [2.75, 3.05) is 12.4 Å². The van der Waals surface area contributed by atoms with Crippen molar-refractivity contribution in [1.82, 2.24) is 9.55 Å². The van der Waals surface area contributed by atoms with Gasteiger partial charge in [-0.2, -0.15) is 0 Å². The summed E-state index contributed by atoms with van der Waals surface area (Å²) in [7, 11) is 0. The van der Waals surface area contributed by atoms with Crippen molar-refractivity contribution in [2.24, 2.45) is 0 Å². The molecule has 0 amide bonds. The summed E-state index contributed by atoms with van der Waals surface area (Å²) >= 11 is 7.82. The van der Waals surface area contributed by atoms with E-state index in [1.807, 2.05) is 62.4 Å². The molecule has 0 unspecified atom stereocenters. The Morgan fingerprint density at radius 2 is 1.88 bits per heavy atom. The van der Waals surface area contributed by atoms with Gasteiger partial charge in [0.25, 0.3) is 5.56 Å². The zero-order valence-electron chi connectivity index (χ0n) is 14.8. The van der Waals surface area contributed by atoms with E-state index in [2.05, 4.69) is 0 Å². The molecule has 0 radical (unpaired) electrons. The fourth-order valence-electron chi connectivity index (χ4n) is 2.61. The van der Waals surface area contributed by atoms with Crippen LogP contribution in [0.4, 0.5) is 0 Å². The van der Waals surface area contributed by atoms with Crippen molar-refractivity contribution in [3.8, 4) is 0 Å². The van der Waals surface area contributed by atoms with Gasteiger partial charge in [0.1, 0.15) is 0 Å². The molecule has 0 saturated heterocycles. The molecule has 0 aliphatic carbocycles. The molecule has 0 aliphatic rings. The summed E-state index contributed by atoms with van der Waals surface area (Å²) in [6, 6.07) is 15.0. The lowest BCUT2D eigenvalue weighted by Gasteiger charge is -2.14. The molecule has 6 heteroatoms. The van der Waals surface area contributed by atoms with Gasteiger partial charge >= 0.3 is 0 Å². The van der Waals surface area contributed by atoms with E-state index in [0.29, 0.717) is 34.2 Å². The van der Waals surface area contributed by atoms with Gasteiger partial charge < -0.3 is 4.74 Å². The topological polar surface area (TPSA) is 44.1 Å². The Balaban J connectivity index is 1.97. The number of halogens is 1. The summed E-state index contributed by atoms with van der Waals surface area (Å²) < 4.78 is 7.30. The van der Waals surface area contributed by atoms with E-state index >= 15 is 0 Å². The standard InChI is InChI=1S/C20H21ClN2O2S/c1-14(2)25-11-12-26-20-22-18-10-6-4-8-16(18)19(24)23(20)13-15-7-3-5-9-17(15)21/h3-10,14H,11-13H2,1-2H3. The van der Waals surface area contributed by atoms with E-state index in [1.165, 1.54) is 11.8 Å². The third-order valence-corrected chi connectivity index (χ3v) is 5.19. The van der Waals surface area contributed by atoms with Gasteiger partial charge in [0, 0.05) is 10.8 Å². The summed E-state index contributed by atoms with van der Waals surface area (Å²) in [5.74, 6) is 0.728. The normalized spacial score (nSPS) is 11.4. The largest absolute Gasteiger partial charge is 0.378 e. The van der Waals surface area contributed by atoms with E-state index < -0.39 is 0 Å². The third kappa shape index (κ3) is 4.47. The second kappa shape index (κ2) is 8.71. The number of fused-ring (bicyclic) bond motifs is 1. The Kier molecular flexibility index (Phi) is 6.35. The number of hydrogen-bond donors (Lipinski definition) is 0. The van der Waals surface area contributed by atoms with Crippen molar-refractivity contribution in [2.45, 2.75) is 31.7 Å². The van der Waals surface area contributed by atoms with Crippen LogP contribution < -0.4 is 5.56 Å². The van der Waals surface area contributed by atoms with E-state index in [4.69, 9.17) is 21.3 Å². The molecule has 0 bridgehead atoms. The number of para-hydroxylation sites is 1. The summed E-state index contributed by atoms with van der Waals surface area (Å²) in [6.07, 6.45) is 0.186. The van der Waals surface area contributed by atoms with E-state index in [9.17, 15) is 4.79 Å². The average molecular weight is 389 g/mol. The first-order valence-electron chi connectivity index (χ1n) is 8.53. The molecule has 136 valence electrons. The molecule has 26 heavy (non-hydrogen) atoms. The number of ether oxygens (including phenoxy) is 1. The smallest absolute Gasteiger partial charge is 0.262 e. The number of hydrogen-bond acceptors (Lipinski definition) is 4. The van der Waals surface area contributed by atoms with Gasteiger partial charge in [0.2, 0.25) is 0 Å². The fourth-order valence-corrected chi connectivity index (χ4v) is 3.63. The summed E-state index contributed by atoms with van der Waals surface area (Å²) in [5.41, 5.74) is 1.55. The first-order valence-corrected chi connectivity index (χ1v) is 9.90. The first-order chi connectivity index (χ1) is 12.6. The second-order valence-corrected chi connectivity index (χ2v) is 7.63. The SMILES string of the molecule is CC(C)OCCSc1nc2ccccc2c(=O)n1Cc1ccccc1Cl. The maximum absolute atomic E-state index is 13.0. The van der Waals surface area contributed by atoms with Crippen molar-refractivity contribution in [3.63, 3.8) is 0 Å². The number of aromatic nitrogens is 2. The fraction of sp³-hybridized carbons (Fsp3) is 0.300. The van der Waals surface area contributed by atoms with Crippen LogP contribution in [0, 0.1) is 0 Å². The highest BCUT2D eigenvalue weighted by Crippen LogP contribution is 2.21. The van der Waals surface area contributed by atoms with Crippen LogP contribution in [0.5, 0.6) is 0 Å². The molecule has 0 saturated carbocycles. The molecular weight excluding hydrogens is 368 g/mol. The van der Waals surface area contributed by atoms with Crippen LogP contribution >= 0.6 is 23.4 Å². The summed E-state index contributed by atoms with van der Waals surface area (Å²) in [5, 5.41) is 1.94. The number of thioether (sulfide) groups is 1. The van der Waals surface area contributed by atoms with Gasteiger partial charge in [-0.15, -0.1) is 0 Å². The lowest BCUT2D eigenvalue weighted by molar-refractivity contribution is 0.0920. The van der Waals surface area contributed by atoms with Crippen LogP contribution in [0.15, 0.2) is 58.5 Å². The predicted octanol–water partition coefficient (Wildman–Crippen LogP) is 4.62. The molecule has 1 aromatic heterocycles. The van der Waals surface area contributed by atoms with Gasteiger partial charge in [-0.3, -0.25) is 9.36 Å². The Morgan fingerprint density at radius 1 is 1.15 bits per heavy atom. The van der Waals surface area contributed by atoms with Crippen LogP contribution in [-0.4, -0.2) is 28.0 Å². The van der Waals surface area contributed by atoms with Gasteiger partial charge in [-0.1, -0.05) is 53.7 Å². The summed E-state index contributed by atoms with van der Waals surface area (Å²) in [6.45, 7) is 5.01. The van der Waals surface area contributed by atoms with E-state index in [0.717, 1.165) is 11.3 Å². The third-order valence-electron chi connectivity index (χ3n) is 3.88.